The number of aliphatic hydroxyl groups is 6. The van der Waals surface area contributed by atoms with Crippen LogP contribution in [0.25, 0.3) is 0 Å². The summed E-state index contributed by atoms with van der Waals surface area (Å²) in [6, 6.07) is 0. The van der Waals surface area contributed by atoms with Gasteiger partial charge in [-0.25, -0.2) is 0 Å². The first-order valence-electron chi connectivity index (χ1n) is 21.3. The molecule has 0 radical (unpaired) electrons. The summed E-state index contributed by atoms with van der Waals surface area (Å²) in [5.74, 6) is 0.370. The van der Waals surface area contributed by atoms with Gasteiger partial charge in [-0.05, 0) is 137 Å². The van der Waals surface area contributed by atoms with Crippen molar-refractivity contribution >= 4 is 5.78 Å². The molecular formula is C42H71N2O8+. The van der Waals surface area contributed by atoms with Crippen molar-refractivity contribution in [3.05, 3.63) is 11.6 Å². The van der Waals surface area contributed by atoms with Gasteiger partial charge >= 0.3 is 0 Å². The molecule has 52 heavy (non-hydrogen) atoms. The van der Waals surface area contributed by atoms with Gasteiger partial charge in [0.2, 0.25) is 0 Å². The number of carbonyl (C=O) groups is 1. The summed E-state index contributed by atoms with van der Waals surface area (Å²) in [6.45, 7) is 6.87. The Morgan fingerprint density at radius 3 is 2.46 bits per heavy atom. The average molecular weight is 732 g/mol. The lowest BCUT2D eigenvalue weighted by Gasteiger charge is -2.62. The number of ketones is 1. The van der Waals surface area contributed by atoms with Crippen LogP contribution in [-0.4, -0.2) is 97.5 Å². The first-order chi connectivity index (χ1) is 24.7. The Balaban J connectivity index is 1.17. The summed E-state index contributed by atoms with van der Waals surface area (Å²) in [5.41, 5.74) is 2.24. The van der Waals surface area contributed by atoms with Gasteiger partial charge in [0, 0.05) is 30.3 Å². The van der Waals surface area contributed by atoms with Crippen molar-refractivity contribution in [2.24, 2.45) is 58.0 Å². The molecule has 0 bridgehead atoms. The van der Waals surface area contributed by atoms with E-state index in [-0.39, 0.29) is 49.3 Å². The van der Waals surface area contributed by atoms with Crippen molar-refractivity contribution in [2.75, 3.05) is 13.2 Å². The van der Waals surface area contributed by atoms with Crippen molar-refractivity contribution in [3.8, 4) is 0 Å². The number of hydrogen-bond donors (Lipinski definition) is 8. The highest BCUT2D eigenvalue weighted by molar-refractivity contribution is 5.95. The van der Waals surface area contributed by atoms with Crippen LogP contribution in [0.2, 0.25) is 0 Å². The average Bonchev–Trinajstić information content (AvgIpc) is 3.51. The van der Waals surface area contributed by atoms with E-state index in [1.807, 2.05) is 0 Å². The molecule has 2 aliphatic heterocycles. The van der Waals surface area contributed by atoms with Crippen molar-refractivity contribution in [2.45, 2.75) is 178 Å². The Morgan fingerprint density at radius 1 is 1.00 bits per heavy atom. The SMILES string of the molecule is CCC[C@H]1CC[C@@H]2[C@H](C)[C@H]([C@@H](O)[C@](C)(O)[C@@H]3CC[C@]4(O)C5=CC(=O)[C@H]6C[C@@H](O)[C@@H](O)C[C@]6(CCC6CCC(N)[NH2+]C6)[C@@H]5CC[C@]34CCO)O[C@@H]2CC1. The van der Waals surface area contributed by atoms with Crippen LogP contribution < -0.4 is 11.1 Å². The number of hydrogen-bond acceptors (Lipinski definition) is 9. The standard InChI is InChI=1S/C42H70N2O8/c1-4-5-25-6-9-27-24(2)37(52-34(27)10-7-25)38(49)39(3,50)35-14-17-42(51)29-20-31(46)30-21-32(47)33(48)22-40(30,15-12-26-8-11-36(43)44-23-26)28(29)13-16-41(35,42)18-19-45/h20,24-28,30,32-38,44-45,47-51H,4-19,21-23,43H2,1-3H3/p+1/t24-,25-,26?,27+,28+,30+,32+,33-,34+,35-,36?,37+,38+,39+,40+,41-,42-/m0/s1. The minimum Gasteiger partial charge on any atom is -0.396 e. The van der Waals surface area contributed by atoms with Crippen molar-refractivity contribution in [1.82, 2.24) is 0 Å². The molecule has 5 aliphatic carbocycles. The molecule has 0 spiro atoms. The fourth-order valence-electron chi connectivity index (χ4n) is 14.1. The predicted octanol–water partition coefficient (Wildman–Crippen LogP) is 2.69. The highest BCUT2D eigenvalue weighted by Gasteiger charge is 2.71. The van der Waals surface area contributed by atoms with E-state index in [0.717, 1.165) is 57.4 Å². The zero-order valence-corrected chi connectivity index (χ0v) is 32.2. The largest absolute Gasteiger partial charge is 0.396 e. The third-order valence-electron chi connectivity index (χ3n) is 16.9. The molecule has 10 heteroatoms. The van der Waals surface area contributed by atoms with Crippen LogP contribution in [0.5, 0.6) is 0 Å². The molecule has 0 aromatic carbocycles. The van der Waals surface area contributed by atoms with Crippen LogP contribution >= 0.6 is 0 Å². The minimum atomic E-state index is -1.61. The number of ether oxygens (including phenoxy) is 1. The highest BCUT2D eigenvalue weighted by Crippen LogP contribution is 2.71. The lowest BCUT2D eigenvalue weighted by Crippen LogP contribution is -2.95. The number of nitrogens with two attached hydrogens (primary N) is 2. The van der Waals surface area contributed by atoms with Crippen molar-refractivity contribution in [1.29, 1.82) is 0 Å². The molecule has 4 saturated carbocycles. The summed E-state index contributed by atoms with van der Waals surface area (Å²) >= 11 is 0. The van der Waals surface area contributed by atoms with E-state index in [0.29, 0.717) is 49.5 Å². The van der Waals surface area contributed by atoms with E-state index in [9.17, 15) is 35.4 Å². The lowest BCUT2D eigenvalue weighted by molar-refractivity contribution is -0.703. The van der Waals surface area contributed by atoms with E-state index < -0.39 is 58.3 Å². The van der Waals surface area contributed by atoms with Gasteiger partial charge in [0.1, 0.15) is 12.3 Å². The summed E-state index contributed by atoms with van der Waals surface area (Å²) in [4.78, 5) is 14.3. The molecule has 296 valence electrons. The molecule has 0 aromatic rings. The van der Waals surface area contributed by atoms with Gasteiger partial charge < -0.3 is 40.7 Å². The molecule has 0 amide bonds. The Morgan fingerprint density at radius 2 is 1.75 bits per heavy atom. The second-order valence-corrected chi connectivity index (χ2v) is 19.3. The van der Waals surface area contributed by atoms with Crippen LogP contribution in [0.3, 0.4) is 0 Å². The topological polar surface area (TPSA) is 190 Å². The quantitative estimate of drug-likeness (QED) is 0.167. The van der Waals surface area contributed by atoms with E-state index in [1.54, 1.807) is 13.0 Å². The Hall–Kier alpha value is -0.950. The number of allylic oxidation sites excluding steroid dienone is 1. The first kappa shape index (κ1) is 39.3. The molecule has 2 heterocycles. The van der Waals surface area contributed by atoms with Gasteiger partial charge in [-0.2, -0.15) is 0 Å². The highest BCUT2D eigenvalue weighted by atomic mass is 16.5. The van der Waals surface area contributed by atoms with E-state index in [4.69, 9.17) is 10.5 Å². The molecular weight excluding hydrogens is 660 g/mol. The van der Waals surface area contributed by atoms with Gasteiger partial charge in [-0.3, -0.25) is 10.5 Å². The van der Waals surface area contributed by atoms with Gasteiger partial charge in [0.25, 0.3) is 0 Å². The van der Waals surface area contributed by atoms with Crippen molar-refractivity contribution < 1.29 is 45.5 Å². The van der Waals surface area contributed by atoms with Crippen LogP contribution in [0.1, 0.15) is 130 Å². The third kappa shape index (κ3) is 6.30. The second-order valence-electron chi connectivity index (χ2n) is 19.3. The summed E-state index contributed by atoms with van der Waals surface area (Å²) in [6.07, 6.45) is 11.3. The van der Waals surface area contributed by atoms with E-state index in [2.05, 4.69) is 19.2 Å². The number of rotatable bonds is 10. The fourth-order valence-corrected chi connectivity index (χ4v) is 14.1. The maximum atomic E-state index is 14.3. The van der Waals surface area contributed by atoms with E-state index in [1.165, 1.54) is 19.3 Å². The van der Waals surface area contributed by atoms with Crippen LogP contribution in [-0.2, 0) is 9.53 Å². The molecule has 0 aromatic heterocycles. The second kappa shape index (κ2) is 14.8. The van der Waals surface area contributed by atoms with Crippen LogP contribution in [0.4, 0.5) is 0 Å². The zero-order valence-electron chi connectivity index (χ0n) is 32.2. The summed E-state index contributed by atoms with van der Waals surface area (Å²) in [5, 5.41) is 72.9. The summed E-state index contributed by atoms with van der Waals surface area (Å²) in [7, 11) is 0. The fraction of sp³-hybridized carbons (Fsp3) is 0.929. The Kier molecular flexibility index (Phi) is 11.2. The number of carbonyl (C=O) groups excluding carboxylic acids is 1. The molecule has 6 fully saturated rings. The monoisotopic (exact) mass is 732 g/mol. The maximum absolute atomic E-state index is 14.3. The van der Waals surface area contributed by atoms with Crippen LogP contribution in [0.15, 0.2) is 11.6 Å². The minimum absolute atomic E-state index is 0.0739. The van der Waals surface area contributed by atoms with Gasteiger partial charge in [0.05, 0.1) is 42.2 Å². The third-order valence-corrected chi connectivity index (χ3v) is 16.9. The molecule has 17 atom stereocenters. The number of fused-ring (bicyclic) bond motifs is 6. The zero-order chi connectivity index (χ0) is 37.2. The molecule has 7 aliphatic rings. The molecule has 2 saturated heterocycles. The van der Waals surface area contributed by atoms with Gasteiger partial charge in [0.15, 0.2) is 5.78 Å². The Labute approximate surface area is 311 Å². The molecule has 10 N–H and O–H groups in total. The number of aliphatic hydroxyl groups excluding tert-OH is 4. The normalized spacial score (nSPS) is 49.5. The summed E-state index contributed by atoms with van der Waals surface area (Å²) < 4.78 is 6.69. The number of quaternary nitrogens is 1. The molecule has 10 nitrogen and oxygen atoms in total. The van der Waals surface area contributed by atoms with Gasteiger partial charge in [-0.1, -0.05) is 33.1 Å². The number of piperidine rings is 1. The molecule has 7 rings (SSSR count). The van der Waals surface area contributed by atoms with E-state index >= 15 is 0 Å². The smallest absolute Gasteiger partial charge is 0.159 e. The first-order valence-corrected chi connectivity index (χ1v) is 21.3. The van der Waals surface area contributed by atoms with Crippen molar-refractivity contribution in [3.63, 3.8) is 0 Å². The lowest BCUT2D eigenvalue weighted by atomic mass is 9.43. The van der Waals surface area contributed by atoms with Gasteiger partial charge in [-0.15, -0.1) is 0 Å². The molecule has 2 unspecified atom stereocenters. The Bertz CT molecular complexity index is 1320. The maximum Gasteiger partial charge on any atom is 0.159 e. The predicted molar refractivity (Wildman–Crippen MR) is 196 cm³/mol. The van der Waals surface area contributed by atoms with Crippen LogP contribution in [0, 0.1) is 52.3 Å².